The first-order valence-corrected chi connectivity index (χ1v) is 5.90. The minimum atomic E-state index is 0.629. The minimum absolute atomic E-state index is 0.629. The summed E-state index contributed by atoms with van der Waals surface area (Å²) in [4.78, 5) is 0. The predicted molar refractivity (Wildman–Crippen MR) is 62.8 cm³/mol. The highest BCUT2D eigenvalue weighted by Gasteiger charge is 2.35. The van der Waals surface area contributed by atoms with Crippen molar-refractivity contribution in [3.8, 4) is 0 Å². The van der Waals surface area contributed by atoms with E-state index in [-0.39, 0.29) is 0 Å². The van der Waals surface area contributed by atoms with Crippen LogP contribution in [0.1, 0.15) is 24.3 Å². The van der Waals surface area contributed by atoms with Crippen molar-refractivity contribution in [3.63, 3.8) is 0 Å². The van der Waals surface area contributed by atoms with E-state index in [0.29, 0.717) is 6.04 Å². The monoisotopic (exact) mass is 199 g/mol. The van der Waals surface area contributed by atoms with Crippen molar-refractivity contribution < 1.29 is 0 Å². The third-order valence-electron chi connectivity index (χ3n) is 3.79. The fraction of sp³-hybridized carbons (Fsp3) is 0.429. The summed E-state index contributed by atoms with van der Waals surface area (Å²) >= 11 is 0. The molecule has 0 bridgehead atoms. The summed E-state index contributed by atoms with van der Waals surface area (Å²) in [6.45, 7) is 1.14. The molecule has 0 spiro atoms. The first-order valence-electron chi connectivity index (χ1n) is 5.90. The summed E-state index contributed by atoms with van der Waals surface area (Å²) in [5.41, 5.74) is 1.51. The molecule has 1 fully saturated rings. The number of fused-ring (bicyclic) bond motifs is 1. The van der Waals surface area contributed by atoms with E-state index < -0.39 is 0 Å². The van der Waals surface area contributed by atoms with Gasteiger partial charge in [-0.15, -0.1) is 0 Å². The van der Waals surface area contributed by atoms with Gasteiger partial charge < -0.3 is 5.32 Å². The molecule has 15 heavy (non-hydrogen) atoms. The van der Waals surface area contributed by atoms with E-state index >= 15 is 0 Å². The van der Waals surface area contributed by atoms with Crippen LogP contribution in [-0.2, 0) is 0 Å². The molecule has 1 heterocycles. The van der Waals surface area contributed by atoms with Crippen molar-refractivity contribution in [2.45, 2.75) is 24.8 Å². The Bertz CT molecular complexity index is 355. The smallest absolute Gasteiger partial charge is 0.0284 e. The zero-order valence-corrected chi connectivity index (χ0v) is 8.89. The molecule has 1 aromatic rings. The summed E-state index contributed by atoms with van der Waals surface area (Å²) in [6, 6.07) is 11.6. The summed E-state index contributed by atoms with van der Waals surface area (Å²) in [7, 11) is 0. The Morgan fingerprint density at radius 3 is 2.87 bits per heavy atom. The molecule has 3 atom stereocenters. The normalized spacial score (nSPS) is 34.0. The van der Waals surface area contributed by atoms with Crippen LogP contribution < -0.4 is 5.32 Å². The van der Waals surface area contributed by atoms with Gasteiger partial charge in [0, 0.05) is 18.5 Å². The average molecular weight is 199 g/mol. The molecule has 1 N–H and O–H groups in total. The molecule has 1 saturated heterocycles. The van der Waals surface area contributed by atoms with Crippen LogP contribution in [0.3, 0.4) is 0 Å². The van der Waals surface area contributed by atoms with Gasteiger partial charge in [0.2, 0.25) is 0 Å². The molecule has 2 aliphatic rings. The van der Waals surface area contributed by atoms with Gasteiger partial charge in [0.05, 0.1) is 0 Å². The van der Waals surface area contributed by atoms with Gasteiger partial charge in [-0.2, -0.15) is 0 Å². The Kier molecular flexibility index (Phi) is 2.34. The SMILES string of the molecule is C1=C[C@H]2NC[C@H](c3ccccc3)[C@@H]2CC1. The van der Waals surface area contributed by atoms with Crippen LogP contribution in [0.15, 0.2) is 42.5 Å². The van der Waals surface area contributed by atoms with Crippen molar-refractivity contribution >= 4 is 0 Å². The van der Waals surface area contributed by atoms with Crippen LogP contribution in [0, 0.1) is 5.92 Å². The molecule has 0 aromatic heterocycles. The van der Waals surface area contributed by atoms with E-state index in [2.05, 4.69) is 47.8 Å². The summed E-state index contributed by atoms with van der Waals surface area (Å²) in [5.74, 6) is 1.54. The van der Waals surface area contributed by atoms with Crippen molar-refractivity contribution in [2.75, 3.05) is 6.54 Å². The standard InChI is InChI=1S/C14H17N/c1-2-6-11(7-3-1)13-10-15-14-9-5-4-8-12(13)14/h1-3,5-7,9,12-15H,4,8,10H2/t12-,13+,14+/m0/s1. The van der Waals surface area contributed by atoms with Gasteiger partial charge in [0.15, 0.2) is 0 Å². The second kappa shape index (κ2) is 3.82. The lowest BCUT2D eigenvalue weighted by molar-refractivity contribution is 0.423. The van der Waals surface area contributed by atoms with Gasteiger partial charge in [0.25, 0.3) is 0 Å². The van der Waals surface area contributed by atoms with Crippen molar-refractivity contribution in [2.24, 2.45) is 5.92 Å². The maximum absolute atomic E-state index is 3.62. The molecular weight excluding hydrogens is 182 g/mol. The predicted octanol–water partition coefficient (Wildman–Crippen LogP) is 2.71. The van der Waals surface area contributed by atoms with Gasteiger partial charge in [0.1, 0.15) is 0 Å². The van der Waals surface area contributed by atoms with Crippen LogP contribution >= 0.6 is 0 Å². The Morgan fingerprint density at radius 1 is 1.13 bits per heavy atom. The van der Waals surface area contributed by atoms with E-state index in [1.54, 1.807) is 0 Å². The van der Waals surface area contributed by atoms with Crippen molar-refractivity contribution in [1.82, 2.24) is 5.32 Å². The molecule has 1 aromatic carbocycles. The van der Waals surface area contributed by atoms with E-state index in [9.17, 15) is 0 Å². The van der Waals surface area contributed by atoms with Crippen LogP contribution in [-0.4, -0.2) is 12.6 Å². The van der Waals surface area contributed by atoms with Gasteiger partial charge in [-0.3, -0.25) is 0 Å². The van der Waals surface area contributed by atoms with Crippen molar-refractivity contribution in [1.29, 1.82) is 0 Å². The van der Waals surface area contributed by atoms with Gasteiger partial charge in [-0.25, -0.2) is 0 Å². The molecule has 1 aliphatic heterocycles. The Balaban J connectivity index is 1.87. The topological polar surface area (TPSA) is 12.0 Å². The molecule has 78 valence electrons. The highest BCUT2D eigenvalue weighted by molar-refractivity contribution is 5.25. The molecular formula is C14H17N. The van der Waals surface area contributed by atoms with E-state index in [0.717, 1.165) is 18.4 Å². The molecule has 1 nitrogen and oxygen atoms in total. The fourth-order valence-corrected chi connectivity index (χ4v) is 3.00. The molecule has 0 amide bonds. The first kappa shape index (κ1) is 9.17. The van der Waals surface area contributed by atoms with Crippen LogP contribution in [0.5, 0.6) is 0 Å². The molecule has 3 rings (SSSR count). The molecule has 0 saturated carbocycles. The highest BCUT2D eigenvalue weighted by Crippen LogP contribution is 2.37. The zero-order valence-electron chi connectivity index (χ0n) is 8.89. The maximum atomic E-state index is 3.62. The largest absolute Gasteiger partial charge is 0.310 e. The summed E-state index contributed by atoms with van der Waals surface area (Å²) in [6.07, 6.45) is 7.28. The number of rotatable bonds is 1. The number of hydrogen-bond acceptors (Lipinski definition) is 1. The molecule has 0 radical (unpaired) electrons. The quantitative estimate of drug-likeness (QED) is 0.686. The first-order chi connectivity index (χ1) is 7.45. The summed E-state index contributed by atoms with van der Waals surface area (Å²) < 4.78 is 0. The molecule has 1 aliphatic carbocycles. The van der Waals surface area contributed by atoms with Gasteiger partial charge in [-0.05, 0) is 24.3 Å². The third-order valence-corrected chi connectivity index (χ3v) is 3.79. The Labute approximate surface area is 91.2 Å². The van der Waals surface area contributed by atoms with Crippen LogP contribution in [0.4, 0.5) is 0 Å². The third kappa shape index (κ3) is 1.61. The number of allylic oxidation sites excluding steroid dienone is 1. The fourth-order valence-electron chi connectivity index (χ4n) is 3.00. The second-order valence-electron chi connectivity index (χ2n) is 4.62. The lowest BCUT2D eigenvalue weighted by Crippen LogP contribution is -2.26. The number of hydrogen-bond donors (Lipinski definition) is 1. The number of benzene rings is 1. The lowest BCUT2D eigenvalue weighted by Gasteiger charge is -2.24. The zero-order chi connectivity index (χ0) is 10.1. The Hall–Kier alpha value is -1.08. The number of nitrogens with one attached hydrogen (secondary N) is 1. The molecule has 0 unspecified atom stereocenters. The van der Waals surface area contributed by atoms with Crippen LogP contribution in [0.2, 0.25) is 0 Å². The van der Waals surface area contributed by atoms with E-state index in [1.807, 2.05) is 0 Å². The van der Waals surface area contributed by atoms with Gasteiger partial charge in [-0.1, -0.05) is 42.5 Å². The molecule has 1 heteroatoms. The summed E-state index contributed by atoms with van der Waals surface area (Å²) in [5, 5.41) is 3.62. The minimum Gasteiger partial charge on any atom is -0.310 e. The van der Waals surface area contributed by atoms with Crippen molar-refractivity contribution in [3.05, 3.63) is 48.0 Å². The lowest BCUT2D eigenvalue weighted by atomic mass is 9.80. The maximum Gasteiger partial charge on any atom is 0.0284 e. The van der Waals surface area contributed by atoms with Gasteiger partial charge >= 0.3 is 0 Å². The van der Waals surface area contributed by atoms with E-state index in [1.165, 1.54) is 18.4 Å². The van der Waals surface area contributed by atoms with E-state index in [4.69, 9.17) is 0 Å². The average Bonchev–Trinajstić information content (AvgIpc) is 2.74. The highest BCUT2D eigenvalue weighted by atomic mass is 15.0. The van der Waals surface area contributed by atoms with Crippen LogP contribution in [0.25, 0.3) is 0 Å². The second-order valence-corrected chi connectivity index (χ2v) is 4.62. The Morgan fingerprint density at radius 2 is 2.00 bits per heavy atom.